The van der Waals surface area contributed by atoms with E-state index in [2.05, 4.69) is 10.2 Å². The Morgan fingerprint density at radius 2 is 2.18 bits per heavy atom. The molecule has 0 aliphatic heterocycles. The van der Waals surface area contributed by atoms with Crippen molar-refractivity contribution in [1.82, 2.24) is 10.2 Å². The number of aromatic nitrogens is 2. The molecule has 0 fully saturated rings. The zero-order valence-corrected chi connectivity index (χ0v) is 9.77. The Balaban J connectivity index is 0.000000202. The Morgan fingerprint density at radius 3 is 2.59 bits per heavy atom. The van der Waals surface area contributed by atoms with Crippen LogP contribution >= 0.6 is 0 Å². The molecule has 0 atom stereocenters. The number of rotatable bonds is 1. The van der Waals surface area contributed by atoms with Gasteiger partial charge in [0.05, 0.1) is 12.7 Å². The van der Waals surface area contributed by atoms with E-state index >= 15 is 0 Å². The maximum atomic E-state index is 8.55. The molecule has 17 heavy (non-hydrogen) atoms. The highest BCUT2D eigenvalue weighted by Crippen LogP contribution is 2.17. The number of H-pyrrole nitrogens is 1. The van der Waals surface area contributed by atoms with E-state index in [-0.39, 0.29) is 0 Å². The van der Waals surface area contributed by atoms with Crippen LogP contribution in [-0.2, 0) is 0 Å². The second kappa shape index (κ2) is 6.18. The number of aryl methyl sites for hydroxylation is 1. The summed E-state index contributed by atoms with van der Waals surface area (Å²) in [5, 5.41) is 15.0. The summed E-state index contributed by atoms with van der Waals surface area (Å²) in [7, 11) is 1.55. The Labute approximate surface area is 99.8 Å². The number of nitrogens with zero attached hydrogens (tertiary/aromatic N) is 2. The molecule has 2 aromatic rings. The second-order valence-corrected chi connectivity index (χ2v) is 3.30. The number of nitrogens with two attached hydrogens (primary N) is 1. The van der Waals surface area contributed by atoms with Gasteiger partial charge in [0, 0.05) is 17.6 Å². The summed E-state index contributed by atoms with van der Waals surface area (Å²) < 4.78 is 4.90. The fourth-order valence-corrected chi connectivity index (χ4v) is 1.08. The van der Waals surface area contributed by atoms with Crippen molar-refractivity contribution in [3.8, 4) is 11.8 Å². The highest BCUT2D eigenvalue weighted by molar-refractivity contribution is 5.56. The lowest BCUT2D eigenvalue weighted by Crippen LogP contribution is -1.91. The fourth-order valence-electron chi connectivity index (χ4n) is 1.08. The molecule has 0 spiro atoms. The maximum Gasteiger partial charge on any atom is 0.120 e. The van der Waals surface area contributed by atoms with Crippen molar-refractivity contribution in [2.24, 2.45) is 0 Å². The van der Waals surface area contributed by atoms with Gasteiger partial charge in [-0.25, -0.2) is 0 Å². The van der Waals surface area contributed by atoms with Crippen LogP contribution in [0.15, 0.2) is 30.5 Å². The quantitative estimate of drug-likeness (QED) is 0.732. The molecule has 1 aromatic heterocycles. The molecule has 88 valence electrons. The van der Waals surface area contributed by atoms with Crippen molar-refractivity contribution in [3.05, 3.63) is 41.7 Å². The molecule has 0 amide bonds. The van der Waals surface area contributed by atoms with E-state index in [0.717, 1.165) is 5.69 Å². The van der Waals surface area contributed by atoms with Gasteiger partial charge in [0.15, 0.2) is 0 Å². The van der Waals surface area contributed by atoms with Gasteiger partial charge in [0.1, 0.15) is 11.8 Å². The average Bonchev–Trinajstić information content (AvgIpc) is 2.82. The molecule has 0 radical (unpaired) electrons. The predicted molar refractivity (Wildman–Crippen MR) is 65.4 cm³/mol. The van der Waals surface area contributed by atoms with Gasteiger partial charge in [-0.05, 0) is 31.2 Å². The fraction of sp³-hybridized carbons (Fsp3) is 0.167. The maximum absolute atomic E-state index is 8.55. The third-order valence-corrected chi connectivity index (χ3v) is 2.02. The van der Waals surface area contributed by atoms with Crippen LogP contribution in [0.3, 0.4) is 0 Å². The number of nitriles is 1. The zero-order chi connectivity index (χ0) is 12.7. The number of ether oxygens (including phenoxy) is 1. The van der Waals surface area contributed by atoms with E-state index in [1.54, 1.807) is 31.5 Å². The van der Waals surface area contributed by atoms with Crippen LogP contribution in [0.5, 0.6) is 5.75 Å². The zero-order valence-electron chi connectivity index (χ0n) is 9.77. The smallest absolute Gasteiger partial charge is 0.120 e. The first kappa shape index (κ1) is 12.6. The van der Waals surface area contributed by atoms with E-state index in [4.69, 9.17) is 15.7 Å². The van der Waals surface area contributed by atoms with Gasteiger partial charge in [-0.15, -0.1) is 0 Å². The molecular weight excluding hydrogens is 216 g/mol. The molecule has 0 aliphatic carbocycles. The number of hydrogen-bond acceptors (Lipinski definition) is 4. The number of hydrogen-bond donors (Lipinski definition) is 2. The van der Waals surface area contributed by atoms with Crippen LogP contribution in [0.25, 0.3) is 0 Å². The molecule has 0 unspecified atom stereocenters. The van der Waals surface area contributed by atoms with Crippen LogP contribution in [0.4, 0.5) is 5.69 Å². The Morgan fingerprint density at radius 1 is 1.41 bits per heavy atom. The summed E-state index contributed by atoms with van der Waals surface area (Å²) in [5.74, 6) is 0.649. The number of aromatic amines is 1. The number of anilines is 1. The van der Waals surface area contributed by atoms with E-state index in [1.165, 1.54) is 0 Å². The standard InChI is InChI=1S/C8H8N2O.C4H6N2/c1-11-7-2-3-8(10)6(4-7)5-9;1-4-2-3-5-6-4/h2-4H,10H2,1H3;2-3H,1H3,(H,5,6). The van der Waals surface area contributed by atoms with Crippen LogP contribution < -0.4 is 10.5 Å². The molecule has 0 saturated carbocycles. The van der Waals surface area contributed by atoms with Crippen molar-refractivity contribution in [3.63, 3.8) is 0 Å². The summed E-state index contributed by atoms with van der Waals surface area (Å²) in [5.41, 5.74) is 7.51. The molecule has 0 aliphatic rings. The molecule has 0 saturated heterocycles. The Kier molecular flexibility index (Phi) is 4.58. The van der Waals surface area contributed by atoms with Crippen molar-refractivity contribution in [2.75, 3.05) is 12.8 Å². The second-order valence-electron chi connectivity index (χ2n) is 3.30. The lowest BCUT2D eigenvalue weighted by atomic mass is 10.2. The Bertz CT molecular complexity index is 500. The lowest BCUT2D eigenvalue weighted by molar-refractivity contribution is 0.415. The third-order valence-electron chi connectivity index (χ3n) is 2.02. The SMILES string of the molecule is COc1ccc(N)c(C#N)c1.Cc1ccn[nH]1. The van der Waals surface area contributed by atoms with Crippen molar-refractivity contribution < 1.29 is 4.74 Å². The van der Waals surface area contributed by atoms with Gasteiger partial charge in [-0.2, -0.15) is 10.4 Å². The highest BCUT2D eigenvalue weighted by Gasteiger charge is 1.98. The minimum Gasteiger partial charge on any atom is -0.497 e. The van der Waals surface area contributed by atoms with Gasteiger partial charge < -0.3 is 10.5 Å². The van der Waals surface area contributed by atoms with Gasteiger partial charge in [-0.1, -0.05) is 0 Å². The van der Waals surface area contributed by atoms with E-state index < -0.39 is 0 Å². The predicted octanol–water partition coefficient (Wildman–Crippen LogP) is 1.87. The lowest BCUT2D eigenvalue weighted by Gasteiger charge is -2.00. The molecule has 5 nitrogen and oxygen atoms in total. The molecule has 2 rings (SSSR count). The van der Waals surface area contributed by atoms with Crippen LogP contribution in [0.2, 0.25) is 0 Å². The summed E-state index contributed by atoms with van der Waals surface area (Å²) in [4.78, 5) is 0. The number of benzene rings is 1. The monoisotopic (exact) mass is 230 g/mol. The van der Waals surface area contributed by atoms with Crippen LogP contribution in [0.1, 0.15) is 11.3 Å². The molecule has 5 heteroatoms. The van der Waals surface area contributed by atoms with Crippen molar-refractivity contribution in [1.29, 1.82) is 5.26 Å². The summed E-state index contributed by atoms with van der Waals surface area (Å²) in [6, 6.07) is 8.86. The minimum atomic E-state index is 0.448. The van der Waals surface area contributed by atoms with Crippen LogP contribution in [-0.4, -0.2) is 17.3 Å². The number of nitrogen functional groups attached to an aromatic ring is 1. The van der Waals surface area contributed by atoms with E-state index in [9.17, 15) is 0 Å². The number of methoxy groups -OCH3 is 1. The van der Waals surface area contributed by atoms with Crippen LogP contribution in [0, 0.1) is 18.3 Å². The minimum absolute atomic E-state index is 0.448. The molecule has 3 N–H and O–H groups in total. The summed E-state index contributed by atoms with van der Waals surface area (Å²) in [6.07, 6.45) is 1.73. The third kappa shape index (κ3) is 3.87. The normalized spacial score (nSPS) is 8.76. The summed E-state index contributed by atoms with van der Waals surface area (Å²) in [6.45, 7) is 1.97. The molecule has 1 heterocycles. The van der Waals surface area contributed by atoms with Crippen molar-refractivity contribution >= 4 is 5.69 Å². The largest absolute Gasteiger partial charge is 0.497 e. The first-order chi connectivity index (χ1) is 8.17. The first-order valence-corrected chi connectivity index (χ1v) is 4.97. The number of nitrogens with one attached hydrogen (secondary N) is 1. The Hall–Kier alpha value is -2.48. The highest BCUT2D eigenvalue weighted by atomic mass is 16.5. The van der Waals surface area contributed by atoms with Gasteiger partial charge in [0.2, 0.25) is 0 Å². The van der Waals surface area contributed by atoms with Gasteiger partial charge >= 0.3 is 0 Å². The van der Waals surface area contributed by atoms with E-state index in [0.29, 0.717) is 17.0 Å². The molecule has 1 aromatic carbocycles. The average molecular weight is 230 g/mol. The van der Waals surface area contributed by atoms with Crippen molar-refractivity contribution in [2.45, 2.75) is 6.92 Å². The van der Waals surface area contributed by atoms with Gasteiger partial charge in [-0.3, -0.25) is 5.10 Å². The molecule has 0 bridgehead atoms. The van der Waals surface area contributed by atoms with Gasteiger partial charge in [0.25, 0.3) is 0 Å². The first-order valence-electron chi connectivity index (χ1n) is 4.97. The topological polar surface area (TPSA) is 87.7 Å². The summed E-state index contributed by atoms with van der Waals surface area (Å²) >= 11 is 0. The molecular formula is C12H14N4O. The van der Waals surface area contributed by atoms with E-state index in [1.807, 2.05) is 19.1 Å².